The first kappa shape index (κ1) is 15.8. The molecule has 116 valence electrons. The van der Waals surface area contributed by atoms with E-state index in [2.05, 4.69) is 6.58 Å². The second kappa shape index (κ2) is 5.34. The Kier molecular flexibility index (Phi) is 4.03. The van der Waals surface area contributed by atoms with Gasteiger partial charge in [-0.2, -0.15) is 0 Å². The molecular formula is C13H17NO5S2. The number of sulfonamides is 1. The van der Waals surface area contributed by atoms with E-state index in [-0.39, 0.29) is 29.5 Å². The van der Waals surface area contributed by atoms with Gasteiger partial charge in [0.05, 0.1) is 22.9 Å². The van der Waals surface area contributed by atoms with E-state index in [1.165, 1.54) is 22.5 Å². The van der Waals surface area contributed by atoms with Gasteiger partial charge in [-0.05, 0) is 25.1 Å². The van der Waals surface area contributed by atoms with E-state index in [1.807, 2.05) is 0 Å². The molecule has 0 fully saturated rings. The fourth-order valence-electron chi connectivity index (χ4n) is 2.08. The Balaban J connectivity index is 2.54. The van der Waals surface area contributed by atoms with Crippen molar-refractivity contribution in [3.63, 3.8) is 0 Å². The molecule has 6 nitrogen and oxygen atoms in total. The number of nitrogens with zero attached hydrogens (tertiary/aromatic N) is 1. The number of rotatable bonds is 4. The van der Waals surface area contributed by atoms with E-state index < -0.39 is 19.9 Å². The van der Waals surface area contributed by atoms with Crippen LogP contribution in [0.3, 0.4) is 0 Å². The lowest BCUT2D eigenvalue weighted by atomic mass is 10.2. The summed E-state index contributed by atoms with van der Waals surface area (Å²) in [5.74, 6) is 0.175. The van der Waals surface area contributed by atoms with Crippen molar-refractivity contribution >= 4 is 25.5 Å². The summed E-state index contributed by atoms with van der Waals surface area (Å²) in [4.78, 5) is 0.0577. The van der Waals surface area contributed by atoms with Gasteiger partial charge in [-0.25, -0.2) is 16.8 Å². The van der Waals surface area contributed by atoms with Gasteiger partial charge in [0, 0.05) is 6.26 Å². The third kappa shape index (κ3) is 3.38. The SMILES string of the molecule is C=C(C)CS(=O)(=O)N1CCOc2ccc(S(C)(=O)=O)cc21. The number of hydrogen-bond donors (Lipinski definition) is 0. The van der Waals surface area contributed by atoms with E-state index in [9.17, 15) is 16.8 Å². The van der Waals surface area contributed by atoms with Gasteiger partial charge >= 0.3 is 0 Å². The van der Waals surface area contributed by atoms with Gasteiger partial charge in [-0.3, -0.25) is 4.31 Å². The molecule has 2 rings (SSSR count). The van der Waals surface area contributed by atoms with E-state index in [0.29, 0.717) is 11.3 Å². The molecule has 0 bridgehead atoms. The first-order valence-corrected chi connectivity index (χ1v) is 9.73. The van der Waals surface area contributed by atoms with Crippen molar-refractivity contribution in [3.05, 3.63) is 30.4 Å². The molecule has 1 aromatic carbocycles. The van der Waals surface area contributed by atoms with Crippen LogP contribution in [0.15, 0.2) is 35.2 Å². The van der Waals surface area contributed by atoms with Crippen LogP contribution in [0.4, 0.5) is 5.69 Å². The molecule has 21 heavy (non-hydrogen) atoms. The lowest BCUT2D eigenvalue weighted by Gasteiger charge is -2.30. The number of sulfone groups is 1. The average molecular weight is 331 g/mol. The molecule has 0 aliphatic carbocycles. The Morgan fingerprint density at radius 3 is 2.57 bits per heavy atom. The second-order valence-corrected chi connectivity index (χ2v) is 8.94. The summed E-state index contributed by atoms with van der Waals surface area (Å²) in [5.41, 5.74) is 0.771. The van der Waals surface area contributed by atoms with Crippen LogP contribution in [0.25, 0.3) is 0 Å². The van der Waals surface area contributed by atoms with Crippen molar-refractivity contribution in [3.8, 4) is 5.75 Å². The Bertz CT molecular complexity index is 781. The number of ether oxygens (including phenoxy) is 1. The molecule has 8 heteroatoms. The highest BCUT2D eigenvalue weighted by Crippen LogP contribution is 2.35. The topological polar surface area (TPSA) is 80.8 Å². The first-order chi connectivity index (χ1) is 9.61. The van der Waals surface area contributed by atoms with Crippen molar-refractivity contribution in [1.82, 2.24) is 0 Å². The number of anilines is 1. The van der Waals surface area contributed by atoms with E-state index in [4.69, 9.17) is 4.74 Å². The Labute approximate surface area is 125 Å². The van der Waals surface area contributed by atoms with Crippen LogP contribution in [0, 0.1) is 0 Å². The minimum atomic E-state index is -3.60. The van der Waals surface area contributed by atoms with Crippen LogP contribution in [0.2, 0.25) is 0 Å². The molecule has 0 unspecified atom stereocenters. The van der Waals surface area contributed by atoms with Crippen LogP contribution in [0.1, 0.15) is 6.92 Å². The number of fused-ring (bicyclic) bond motifs is 1. The molecule has 0 saturated carbocycles. The minimum absolute atomic E-state index is 0.0577. The summed E-state index contributed by atoms with van der Waals surface area (Å²) in [6.45, 7) is 5.62. The highest BCUT2D eigenvalue weighted by atomic mass is 32.2. The average Bonchev–Trinajstić information content (AvgIpc) is 2.34. The lowest BCUT2D eigenvalue weighted by molar-refractivity contribution is 0.315. The van der Waals surface area contributed by atoms with Gasteiger partial charge in [0.2, 0.25) is 10.0 Å². The van der Waals surface area contributed by atoms with Crippen molar-refractivity contribution < 1.29 is 21.6 Å². The van der Waals surface area contributed by atoms with Crippen LogP contribution < -0.4 is 9.04 Å². The highest BCUT2D eigenvalue weighted by Gasteiger charge is 2.29. The molecule has 1 heterocycles. The number of hydrogen-bond acceptors (Lipinski definition) is 5. The Hall–Kier alpha value is -1.54. The molecule has 0 spiro atoms. The molecule has 0 N–H and O–H groups in total. The minimum Gasteiger partial charge on any atom is -0.489 e. The quantitative estimate of drug-likeness (QED) is 0.774. The molecule has 0 amide bonds. The zero-order chi connectivity index (χ0) is 15.8. The molecule has 1 aliphatic heterocycles. The maximum Gasteiger partial charge on any atom is 0.239 e. The Morgan fingerprint density at radius 1 is 1.33 bits per heavy atom. The van der Waals surface area contributed by atoms with Crippen LogP contribution in [-0.4, -0.2) is 42.0 Å². The summed E-state index contributed by atoms with van der Waals surface area (Å²) in [7, 11) is -7.02. The fraction of sp³-hybridized carbons (Fsp3) is 0.385. The fourth-order valence-corrected chi connectivity index (χ4v) is 4.30. The van der Waals surface area contributed by atoms with Gasteiger partial charge in [0.25, 0.3) is 0 Å². The van der Waals surface area contributed by atoms with Crippen molar-refractivity contribution in [2.24, 2.45) is 0 Å². The standard InChI is InChI=1S/C13H17NO5S2/c1-10(2)9-21(17,18)14-6-7-19-13-5-4-11(8-12(13)14)20(3,15)16/h4-5,8H,1,6-7,9H2,2-3H3. The maximum absolute atomic E-state index is 12.4. The predicted octanol–water partition coefficient (Wildman–Crippen LogP) is 1.19. The highest BCUT2D eigenvalue weighted by molar-refractivity contribution is 7.93. The summed E-state index contributed by atoms with van der Waals surface area (Å²) < 4.78 is 54.6. The second-order valence-electron chi connectivity index (χ2n) is 5.04. The Morgan fingerprint density at radius 2 is 2.00 bits per heavy atom. The van der Waals surface area contributed by atoms with E-state index in [1.54, 1.807) is 6.92 Å². The maximum atomic E-state index is 12.4. The molecule has 0 aromatic heterocycles. The van der Waals surface area contributed by atoms with Gasteiger partial charge in [0.1, 0.15) is 12.4 Å². The summed E-state index contributed by atoms with van der Waals surface area (Å²) in [6.07, 6.45) is 1.07. The number of benzene rings is 1. The van der Waals surface area contributed by atoms with Crippen molar-refractivity contribution in [1.29, 1.82) is 0 Å². The van der Waals surface area contributed by atoms with Gasteiger partial charge in [-0.1, -0.05) is 12.2 Å². The van der Waals surface area contributed by atoms with Crippen molar-refractivity contribution in [2.45, 2.75) is 11.8 Å². The predicted molar refractivity (Wildman–Crippen MR) is 81.0 cm³/mol. The van der Waals surface area contributed by atoms with Gasteiger partial charge < -0.3 is 4.74 Å². The monoisotopic (exact) mass is 331 g/mol. The lowest BCUT2D eigenvalue weighted by Crippen LogP contribution is -2.39. The summed E-state index contributed by atoms with van der Waals surface area (Å²) in [6, 6.07) is 4.22. The van der Waals surface area contributed by atoms with E-state index in [0.717, 1.165) is 6.26 Å². The summed E-state index contributed by atoms with van der Waals surface area (Å²) >= 11 is 0. The molecule has 0 saturated heterocycles. The van der Waals surface area contributed by atoms with E-state index >= 15 is 0 Å². The molecule has 0 atom stereocenters. The van der Waals surface area contributed by atoms with Crippen LogP contribution in [0.5, 0.6) is 5.75 Å². The third-order valence-electron chi connectivity index (χ3n) is 2.94. The molecule has 0 radical (unpaired) electrons. The molecule has 1 aromatic rings. The van der Waals surface area contributed by atoms with Crippen molar-refractivity contribution in [2.75, 3.05) is 29.5 Å². The summed E-state index contributed by atoms with van der Waals surface area (Å²) in [5, 5.41) is 0. The molecule has 1 aliphatic rings. The largest absolute Gasteiger partial charge is 0.489 e. The first-order valence-electron chi connectivity index (χ1n) is 6.23. The third-order valence-corrected chi connectivity index (χ3v) is 5.96. The van der Waals surface area contributed by atoms with Crippen LogP contribution in [-0.2, 0) is 19.9 Å². The van der Waals surface area contributed by atoms with Gasteiger partial charge in [-0.15, -0.1) is 0 Å². The molecular weight excluding hydrogens is 314 g/mol. The zero-order valence-corrected chi connectivity index (χ0v) is 13.5. The van der Waals surface area contributed by atoms with Crippen LogP contribution >= 0.6 is 0 Å². The normalized spacial score (nSPS) is 15.2. The smallest absolute Gasteiger partial charge is 0.239 e. The van der Waals surface area contributed by atoms with Gasteiger partial charge in [0.15, 0.2) is 9.84 Å². The zero-order valence-electron chi connectivity index (χ0n) is 11.9.